The molecule has 102 valence electrons. The van der Waals surface area contributed by atoms with Gasteiger partial charge in [0.25, 0.3) is 0 Å². The molecule has 0 aliphatic heterocycles. The Hall–Kier alpha value is -2.34. The molecule has 2 aromatic carbocycles. The van der Waals surface area contributed by atoms with E-state index in [9.17, 15) is 8.42 Å². The van der Waals surface area contributed by atoms with E-state index < -0.39 is 9.84 Å². The fourth-order valence-electron chi connectivity index (χ4n) is 1.87. The summed E-state index contributed by atoms with van der Waals surface area (Å²) in [6.45, 7) is 0. The van der Waals surface area contributed by atoms with Crippen molar-refractivity contribution in [1.29, 1.82) is 0 Å². The summed E-state index contributed by atoms with van der Waals surface area (Å²) in [5, 5.41) is 0. The maximum atomic E-state index is 11.4. The highest BCUT2D eigenvalue weighted by Gasteiger charge is 2.08. The molecule has 6 heteroatoms. The highest BCUT2D eigenvalue weighted by Crippen LogP contribution is 2.18. The molecule has 1 aromatic heterocycles. The number of benzene rings is 2. The van der Waals surface area contributed by atoms with Crippen LogP contribution in [-0.2, 0) is 9.84 Å². The maximum Gasteiger partial charge on any atom is 0.175 e. The number of hydrogen-bond donors (Lipinski definition) is 0. The van der Waals surface area contributed by atoms with Crippen LogP contribution in [-0.4, -0.2) is 24.4 Å². The van der Waals surface area contributed by atoms with Gasteiger partial charge in [0.15, 0.2) is 15.6 Å². The lowest BCUT2D eigenvalue weighted by Gasteiger charge is -2.07. The Morgan fingerprint density at radius 2 is 1.75 bits per heavy atom. The first kappa shape index (κ1) is 12.7. The van der Waals surface area contributed by atoms with Crippen molar-refractivity contribution in [3.05, 3.63) is 54.9 Å². The highest BCUT2D eigenvalue weighted by molar-refractivity contribution is 7.90. The molecule has 3 rings (SSSR count). The zero-order valence-electron chi connectivity index (χ0n) is 10.7. The van der Waals surface area contributed by atoms with Crippen LogP contribution in [0, 0.1) is 0 Å². The van der Waals surface area contributed by atoms with Gasteiger partial charge in [0.2, 0.25) is 0 Å². The Bertz CT molecular complexity index is 852. The molecule has 0 saturated carbocycles. The molecule has 0 bridgehead atoms. The van der Waals surface area contributed by atoms with E-state index in [0.717, 1.165) is 11.0 Å². The molecule has 0 amide bonds. The standard InChI is InChI=1S/C14H12N2O3S/c1-20(17,18)12-8-6-11(7-9-12)19-16-10-15-13-4-2-3-5-14(13)16/h2-10H,1H3. The first-order valence-electron chi connectivity index (χ1n) is 5.94. The van der Waals surface area contributed by atoms with Gasteiger partial charge in [-0.1, -0.05) is 12.1 Å². The molecule has 0 N–H and O–H groups in total. The second-order valence-electron chi connectivity index (χ2n) is 4.39. The van der Waals surface area contributed by atoms with Crippen LogP contribution >= 0.6 is 0 Å². The van der Waals surface area contributed by atoms with E-state index in [4.69, 9.17) is 4.84 Å². The van der Waals surface area contributed by atoms with Crippen molar-refractivity contribution in [3.63, 3.8) is 0 Å². The second kappa shape index (κ2) is 4.64. The lowest BCUT2D eigenvalue weighted by atomic mass is 10.3. The lowest BCUT2D eigenvalue weighted by molar-refractivity contribution is 0.227. The normalized spacial score (nSPS) is 11.7. The number of nitrogens with zero attached hydrogens (tertiary/aromatic N) is 2. The van der Waals surface area contributed by atoms with Gasteiger partial charge in [-0.25, -0.2) is 13.4 Å². The Morgan fingerprint density at radius 3 is 2.45 bits per heavy atom. The maximum absolute atomic E-state index is 11.4. The molecule has 0 unspecified atom stereocenters. The first-order chi connectivity index (χ1) is 9.54. The summed E-state index contributed by atoms with van der Waals surface area (Å²) in [6, 6.07) is 13.9. The molecule has 0 atom stereocenters. The van der Waals surface area contributed by atoms with Crippen molar-refractivity contribution in [2.45, 2.75) is 4.90 Å². The van der Waals surface area contributed by atoms with Crippen LogP contribution in [0.25, 0.3) is 11.0 Å². The number of para-hydroxylation sites is 2. The third-order valence-corrected chi connectivity index (χ3v) is 4.00. The molecule has 0 fully saturated rings. The molecular weight excluding hydrogens is 276 g/mol. The topological polar surface area (TPSA) is 61.2 Å². The summed E-state index contributed by atoms with van der Waals surface area (Å²) in [7, 11) is -3.19. The number of imidazole rings is 1. The van der Waals surface area contributed by atoms with Gasteiger partial charge in [0.1, 0.15) is 11.8 Å². The van der Waals surface area contributed by atoms with Gasteiger partial charge >= 0.3 is 0 Å². The van der Waals surface area contributed by atoms with Crippen LogP contribution in [0.4, 0.5) is 0 Å². The van der Waals surface area contributed by atoms with Gasteiger partial charge in [-0.2, -0.15) is 4.73 Å². The summed E-state index contributed by atoms with van der Waals surface area (Å²) in [6.07, 6.45) is 2.75. The fourth-order valence-corrected chi connectivity index (χ4v) is 2.50. The number of rotatable bonds is 3. The summed E-state index contributed by atoms with van der Waals surface area (Å²) in [5.74, 6) is 0.542. The van der Waals surface area contributed by atoms with Crippen molar-refractivity contribution in [3.8, 4) is 5.75 Å². The lowest BCUT2D eigenvalue weighted by Crippen LogP contribution is -2.03. The van der Waals surface area contributed by atoms with E-state index in [1.807, 2.05) is 24.3 Å². The van der Waals surface area contributed by atoms with Crippen LogP contribution in [0.15, 0.2) is 59.8 Å². The Morgan fingerprint density at radius 1 is 1.05 bits per heavy atom. The van der Waals surface area contributed by atoms with E-state index in [2.05, 4.69) is 4.98 Å². The van der Waals surface area contributed by atoms with E-state index in [1.165, 1.54) is 18.4 Å². The second-order valence-corrected chi connectivity index (χ2v) is 6.41. The summed E-state index contributed by atoms with van der Waals surface area (Å²) in [4.78, 5) is 10.1. The van der Waals surface area contributed by atoms with Crippen LogP contribution < -0.4 is 4.84 Å². The van der Waals surface area contributed by atoms with Crippen molar-refractivity contribution < 1.29 is 13.3 Å². The van der Waals surface area contributed by atoms with Crippen molar-refractivity contribution in [1.82, 2.24) is 9.71 Å². The Labute approximate surface area is 116 Å². The van der Waals surface area contributed by atoms with Gasteiger partial charge in [-0.15, -0.1) is 0 Å². The molecular formula is C14H12N2O3S. The first-order valence-corrected chi connectivity index (χ1v) is 7.84. The van der Waals surface area contributed by atoms with E-state index in [-0.39, 0.29) is 4.90 Å². The van der Waals surface area contributed by atoms with Gasteiger partial charge < -0.3 is 4.84 Å². The average molecular weight is 288 g/mol. The quantitative estimate of drug-likeness (QED) is 0.742. The minimum absolute atomic E-state index is 0.264. The summed E-state index contributed by atoms with van der Waals surface area (Å²) < 4.78 is 24.3. The minimum atomic E-state index is -3.19. The highest BCUT2D eigenvalue weighted by atomic mass is 32.2. The zero-order valence-corrected chi connectivity index (χ0v) is 11.5. The predicted molar refractivity (Wildman–Crippen MR) is 75.3 cm³/mol. The van der Waals surface area contributed by atoms with Gasteiger partial charge in [0.05, 0.1) is 10.4 Å². The van der Waals surface area contributed by atoms with Gasteiger partial charge in [0, 0.05) is 6.26 Å². The monoisotopic (exact) mass is 288 g/mol. The zero-order chi connectivity index (χ0) is 14.2. The third-order valence-electron chi connectivity index (χ3n) is 2.88. The molecule has 5 nitrogen and oxygen atoms in total. The smallest absolute Gasteiger partial charge is 0.175 e. The molecule has 3 aromatic rings. The van der Waals surface area contributed by atoms with Crippen LogP contribution in [0.5, 0.6) is 5.75 Å². The van der Waals surface area contributed by atoms with Crippen LogP contribution in [0.1, 0.15) is 0 Å². The number of sulfone groups is 1. The SMILES string of the molecule is CS(=O)(=O)c1ccc(On2cnc3ccccc32)cc1. The van der Waals surface area contributed by atoms with E-state index >= 15 is 0 Å². The largest absolute Gasteiger partial charge is 0.374 e. The molecule has 0 saturated heterocycles. The van der Waals surface area contributed by atoms with Crippen molar-refractivity contribution in [2.75, 3.05) is 6.26 Å². The molecule has 0 spiro atoms. The number of fused-ring (bicyclic) bond motifs is 1. The Balaban J connectivity index is 1.92. The molecule has 1 heterocycles. The molecule has 0 aliphatic rings. The molecule has 0 radical (unpaired) electrons. The third kappa shape index (κ3) is 2.37. The summed E-state index contributed by atoms with van der Waals surface area (Å²) >= 11 is 0. The number of hydrogen-bond acceptors (Lipinski definition) is 4. The number of aromatic nitrogens is 2. The van der Waals surface area contributed by atoms with Gasteiger partial charge in [-0.3, -0.25) is 0 Å². The predicted octanol–water partition coefficient (Wildman–Crippen LogP) is 2.28. The van der Waals surface area contributed by atoms with Crippen LogP contribution in [0.3, 0.4) is 0 Å². The average Bonchev–Trinajstić information content (AvgIpc) is 2.82. The van der Waals surface area contributed by atoms with E-state index in [1.54, 1.807) is 23.2 Å². The minimum Gasteiger partial charge on any atom is -0.374 e. The fraction of sp³-hybridized carbons (Fsp3) is 0.0714. The van der Waals surface area contributed by atoms with Crippen molar-refractivity contribution >= 4 is 20.9 Å². The molecule has 0 aliphatic carbocycles. The van der Waals surface area contributed by atoms with E-state index in [0.29, 0.717) is 5.75 Å². The van der Waals surface area contributed by atoms with Gasteiger partial charge in [-0.05, 0) is 36.4 Å². The van der Waals surface area contributed by atoms with Crippen molar-refractivity contribution in [2.24, 2.45) is 0 Å². The summed E-state index contributed by atoms with van der Waals surface area (Å²) in [5.41, 5.74) is 1.68. The Kier molecular flexibility index (Phi) is 2.94. The van der Waals surface area contributed by atoms with Crippen LogP contribution in [0.2, 0.25) is 0 Å². The molecule has 20 heavy (non-hydrogen) atoms.